The molecule has 1 atom stereocenters. The molecular weight excluding hydrogens is 298 g/mol. The normalized spacial score (nSPS) is 13.7. The van der Waals surface area contributed by atoms with Crippen LogP contribution in [0.1, 0.15) is 65.4 Å². The van der Waals surface area contributed by atoms with Crippen LogP contribution >= 0.6 is 11.3 Å². The fourth-order valence-electron chi connectivity index (χ4n) is 2.13. The first kappa shape index (κ1) is 18.9. The number of carbonyl (C=O) groups is 1. The number of nitrogens with zero attached hydrogens (tertiary/aromatic N) is 1. The Morgan fingerprint density at radius 2 is 2.00 bits per heavy atom. The summed E-state index contributed by atoms with van der Waals surface area (Å²) in [6.07, 6.45) is 3.12. The molecule has 1 amide bonds. The van der Waals surface area contributed by atoms with Gasteiger partial charge in [0.1, 0.15) is 10.6 Å². The summed E-state index contributed by atoms with van der Waals surface area (Å²) >= 11 is 1.63. The third-order valence-electron chi connectivity index (χ3n) is 3.69. The molecule has 6 heteroatoms. The Labute approximate surface area is 137 Å². The van der Waals surface area contributed by atoms with Crippen molar-refractivity contribution in [3.05, 3.63) is 16.6 Å². The van der Waals surface area contributed by atoms with Crippen molar-refractivity contribution >= 4 is 17.4 Å². The summed E-state index contributed by atoms with van der Waals surface area (Å²) in [7, 11) is 0. The van der Waals surface area contributed by atoms with Crippen LogP contribution in [-0.2, 0) is 4.74 Å². The van der Waals surface area contributed by atoms with Crippen molar-refractivity contribution < 1.29 is 9.53 Å². The molecule has 1 aromatic rings. The zero-order valence-corrected chi connectivity index (χ0v) is 15.3. The average molecular weight is 327 g/mol. The van der Waals surface area contributed by atoms with Gasteiger partial charge in [0.05, 0.1) is 11.6 Å². The molecular formula is C16H29N3O2S. The molecule has 5 nitrogen and oxygen atoms in total. The monoisotopic (exact) mass is 327 g/mol. The molecule has 1 heterocycles. The third kappa shape index (κ3) is 5.93. The summed E-state index contributed by atoms with van der Waals surface area (Å²) in [5.41, 5.74) is -0.799. The highest BCUT2D eigenvalue weighted by Gasteiger charge is 2.30. The highest BCUT2D eigenvalue weighted by Crippen LogP contribution is 2.20. The van der Waals surface area contributed by atoms with Gasteiger partial charge in [-0.3, -0.25) is 0 Å². The Morgan fingerprint density at radius 1 is 1.36 bits per heavy atom. The second kappa shape index (κ2) is 7.92. The summed E-state index contributed by atoms with van der Waals surface area (Å²) in [6.45, 7) is 12.5. The predicted molar refractivity (Wildman–Crippen MR) is 91.2 cm³/mol. The zero-order chi connectivity index (χ0) is 16.8. The maximum atomic E-state index is 12.1. The summed E-state index contributed by atoms with van der Waals surface area (Å²) in [6, 6.07) is 0.165. The third-order valence-corrected chi connectivity index (χ3v) is 4.65. The summed E-state index contributed by atoms with van der Waals surface area (Å²) in [5.74, 6) is 0. The van der Waals surface area contributed by atoms with E-state index in [9.17, 15) is 4.79 Å². The zero-order valence-electron chi connectivity index (χ0n) is 14.5. The molecule has 0 bridgehead atoms. The number of nitrogens with one attached hydrogen (secondary N) is 2. The molecule has 1 aromatic heterocycles. The maximum absolute atomic E-state index is 12.1. The number of rotatable bonds is 7. The number of amides is 1. The van der Waals surface area contributed by atoms with E-state index in [1.54, 1.807) is 11.3 Å². The molecule has 22 heavy (non-hydrogen) atoms. The number of alkyl carbamates (subject to hydrolysis) is 1. The minimum absolute atomic E-state index is 0.165. The SMILES string of the molecule is CCC(CC)(CNC(C)c1nccs1)NC(=O)OC(C)(C)C. The second-order valence-electron chi connectivity index (χ2n) is 6.59. The van der Waals surface area contributed by atoms with Gasteiger partial charge in [0.2, 0.25) is 0 Å². The lowest BCUT2D eigenvalue weighted by Crippen LogP contribution is -2.55. The topological polar surface area (TPSA) is 63.2 Å². The van der Waals surface area contributed by atoms with E-state index in [4.69, 9.17) is 4.74 Å². The van der Waals surface area contributed by atoms with Gasteiger partial charge in [0.15, 0.2) is 0 Å². The number of carbonyl (C=O) groups excluding carboxylic acids is 1. The van der Waals surface area contributed by atoms with E-state index in [0.717, 1.165) is 17.8 Å². The van der Waals surface area contributed by atoms with E-state index in [1.165, 1.54) is 0 Å². The number of aromatic nitrogens is 1. The summed E-state index contributed by atoms with van der Waals surface area (Å²) in [5, 5.41) is 9.55. The Hall–Kier alpha value is -1.14. The predicted octanol–water partition coefficient (Wildman–Crippen LogP) is 3.88. The van der Waals surface area contributed by atoms with Crippen molar-refractivity contribution in [1.29, 1.82) is 0 Å². The standard InChI is InChI=1S/C16H29N3O2S/c1-7-16(8-2,19-14(20)21-15(4,5)6)11-18-12(3)13-17-9-10-22-13/h9-10,12,18H,7-8,11H2,1-6H3,(H,19,20). The number of ether oxygens (including phenoxy) is 1. The molecule has 0 saturated heterocycles. The van der Waals surface area contributed by atoms with Crippen molar-refractivity contribution in [3.63, 3.8) is 0 Å². The van der Waals surface area contributed by atoms with Crippen LogP contribution < -0.4 is 10.6 Å². The Bertz CT molecular complexity index is 450. The minimum Gasteiger partial charge on any atom is -0.444 e. The van der Waals surface area contributed by atoms with Crippen molar-refractivity contribution in [2.75, 3.05) is 6.54 Å². The first-order valence-electron chi connectivity index (χ1n) is 7.85. The van der Waals surface area contributed by atoms with Gasteiger partial charge in [0.25, 0.3) is 0 Å². The lowest BCUT2D eigenvalue weighted by molar-refractivity contribution is 0.0444. The lowest BCUT2D eigenvalue weighted by Gasteiger charge is -2.35. The number of hydrogen-bond acceptors (Lipinski definition) is 5. The molecule has 2 N–H and O–H groups in total. The molecule has 0 aliphatic carbocycles. The molecule has 0 saturated carbocycles. The molecule has 0 fully saturated rings. The Morgan fingerprint density at radius 3 is 2.45 bits per heavy atom. The number of thiazole rings is 1. The molecule has 0 spiro atoms. The molecule has 1 unspecified atom stereocenters. The van der Waals surface area contributed by atoms with Crippen LogP contribution in [0.4, 0.5) is 4.79 Å². The van der Waals surface area contributed by atoms with Gasteiger partial charge >= 0.3 is 6.09 Å². The minimum atomic E-state index is -0.487. The molecule has 0 aliphatic heterocycles. The molecule has 0 aromatic carbocycles. The fourth-order valence-corrected chi connectivity index (χ4v) is 2.80. The van der Waals surface area contributed by atoms with Gasteiger partial charge in [-0.1, -0.05) is 13.8 Å². The van der Waals surface area contributed by atoms with Crippen LogP contribution in [0, 0.1) is 0 Å². The van der Waals surface area contributed by atoms with E-state index in [1.807, 2.05) is 32.3 Å². The molecule has 126 valence electrons. The van der Waals surface area contributed by atoms with Crippen LogP contribution in [0.15, 0.2) is 11.6 Å². The van der Waals surface area contributed by atoms with Crippen LogP contribution in [0.2, 0.25) is 0 Å². The van der Waals surface area contributed by atoms with Crippen LogP contribution in [0.5, 0.6) is 0 Å². The van der Waals surface area contributed by atoms with Crippen LogP contribution in [0.25, 0.3) is 0 Å². The van der Waals surface area contributed by atoms with Gasteiger partial charge in [-0.05, 0) is 40.5 Å². The van der Waals surface area contributed by atoms with E-state index in [2.05, 4.69) is 36.4 Å². The smallest absolute Gasteiger partial charge is 0.408 e. The summed E-state index contributed by atoms with van der Waals surface area (Å²) in [4.78, 5) is 16.4. The lowest BCUT2D eigenvalue weighted by atomic mass is 9.92. The molecule has 0 aliphatic rings. The van der Waals surface area contributed by atoms with Gasteiger partial charge in [0, 0.05) is 18.1 Å². The Kier molecular flexibility index (Phi) is 6.81. The van der Waals surface area contributed by atoms with Gasteiger partial charge in [-0.15, -0.1) is 11.3 Å². The first-order chi connectivity index (χ1) is 10.2. The van der Waals surface area contributed by atoms with E-state index in [0.29, 0.717) is 6.54 Å². The van der Waals surface area contributed by atoms with Gasteiger partial charge in [-0.25, -0.2) is 9.78 Å². The van der Waals surface area contributed by atoms with Gasteiger partial charge in [-0.2, -0.15) is 0 Å². The highest BCUT2D eigenvalue weighted by atomic mass is 32.1. The fraction of sp³-hybridized carbons (Fsp3) is 0.750. The highest BCUT2D eigenvalue weighted by molar-refractivity contribution is 7.09. The average Bonchev–Trinajstić information content (AvgIpc) is 2.95. The number of hydrogen-bond donors (Lipinski definition) is 2. The first-order valence-corrected chi connectivity index (χ1v) is 8.73. The van der Waals surface area contributed by atoms with Gasteiger partial charge < -0.3 is 15.4 Å². The van der Waals surface area contributed by atoms with Crippen LogP contribution in [-0.4, -0.2) is 28.8 Å². The quantitative estimate of drug-likeness (QED) is 0.798. The Balaban J connectivity index is 2.64. The van der Waals surface area contributed by atoms with E-state index in [-0.39, 0.29) is 17.7 Å². The van der Waals surface area contributed by atoms with Crippen molar-refractivity contribution in [1.82, 2.24) is 15.6 Å². The maximum Gasteiger partial charge on any atom is 0.408 e. The van der Waals surface area contributed by atoms with E-state index < -0.39 is 5.60 Å². The largest absolute Gasteiger partial charge is 0.444 e. The van der Waals surface area contributed by atoms with Crippen molar-refractivity contribution in [3.8, 4) is 0 Å². The van der Waals surface area contributed by atoms with Crippen molar-refractivity contribution in [2.45, 2.75) is 71.6 Å². The van der Waals surface area contributed by atoms with E-state index >= 15 is 0 Å². The summed E-state index contributed by atoms with van der Waals surface area (Å²) < 4.78 is 5.39. The molecule has 1 rings (SSSR count). The van der Waals surface area contributed by atoms with Crippen LogP contribution in [0.3, 0.4) is 0 Å². The van der Waals surface area contributed by atoms with Crippen molar-refractivity contribution in [2.24, 2.45) is 0 Å². The molecule has 0 radical (unpaired) electrons. The second-order valence-corrected chi connectivity index (χ2v) is 7.51.